The number of nitrogen functional groups attached to an aromatic ring is 1. The Morgan fingerprint density at radius 2 is 2.00 bits per heavy atom. The number of hydrogen-bond acceptors (Lipinski definition) is 4. The summed E-state index contributed by atoms with van der Waals surface area (Å²) >= 11 is 0. The first-order valence-electron chi connectivity index (χ1n) is 5.37. The molecule has 2 aromatic rings. The molecule has 0 fully saturated rings. The lowest BCUT2D eigenvalue weighted by Gasteiger charge is -2.07. The van der Waals surface area contributed by atoms with Gasteiger partial charge in [0.25, 0.3) is 0 Å². The zero-order valence-electron chi connectivity index (χ0n) is 9.68. The molecule has 0 aliphatic carbocycles. The number of nitrogens with zero attached hydrogens (tertiary/aromatic N) is 3. The van der Waals surface area contributed by atoms with Crippen LogP contribution in [-0.2, 0) is 6.42 Å². The lowest BCUT2D eigenvalue weighted by molar-refractivity contribution is -0.0498. The molecule has 0 aliphatic heterocycles. The van der Waals surface area contributed by atoms with Gasteiger partial charge in [0.15, 0.2) is 5.82 Å². The van der Waals surface area contributed by atoms with Gasteiger partial charge >= 0.3 is 6.61 Å². The van der Waals surface area contributed by atoms with Gasteiger partial charge in [-0.15, -0.1) is 5.10 Å². The highest BCUT2D eigenvalue weighted by Gasteiger charge is 2.10. The van der Waals surface area contributed by atoms with Crippen LogP contribution >= 0.6 is 0 Å². The van der Waals surface area contributed by atoms with Crippen molar-refractivity contribution in [3.8, 4) is 11.4 Å². The molecule has 96 valence electrons. The third-order valence-corrected chi connectivity index (χ3v) is 2.43. The first-order chi connectivity index (χ1) is 8.61. The molecule has 0 saturated heterocycles. The van der Waals surface area contributed by atoms with Crippen LogP contribution in [0.1, 0.15) is 12.6 Å². The van der Waals surface area contributed by atoms with Gasteiger partial charge in [0, 0.05) is 0 Å². The van der Waals surface area contributed by atoms with Gasteiger partial charge in [0.2, 0.25) is 0 Å². The molecule has 1 aromatic carbocycles. The maximum Gasteiger partial charge on any atom is 0.387 e. The molecule has 0 atom stereocenters. The van der Waals surface area contributed by atoms with Gasteiger partial charge in [0.05, 0.1) is 11.4 Å². The van der Waals surface area contributed by atoms with E-state index in [-0.39, 0.29) is 5.75 Å². The van der Waals surface area contributed by atoms with E-state index in [1.165, 1.54) is 12.1 Å². The van der Waals surface area contributed by atoms with E-state index in [2.05, 4.69) is 15.0 Å². The molecule has 5 nitrogen and oxygen atoms in total. The highest BCUT2D eigenvalue weighted by atomic mass is 19.3. The minimum Gasteiger partial charge on any atom is -0.435 e. The van der Waals surface area contributed by atoms with Gasteiger partial charge in [0.1, 0.15) is 5.75 Å². The second-order valence-corrected chi connectivity index (χ2v) is 3.56. The zero-order valence-corrected chi connectivity index (χ0v) is 9.68. The number of hydrogen-bond donors (Lipinski definition) is 1. The summed E-state index contributed by atoms with van der Waals surface area (Å²) in [6.45, 7) is -0.899. The molecule has 1 aromatic heterocycles. The van der Waals surface area contributed by atoms with E-state index >= 15 is 0 Å². The fourth-order valence-corrected chi connectivity index (χ4v) is 1.62. The molecule has 0 aliphatic rings. The van der Waals surface area contributed by atoms with Gasteiger partial charge in [-0.05, 0) is 30.7 Å². The Kier molecular flexibility index (Phi) is 3.40. The number of halogens is 2. The summed E-state index contributed by atoms with van der Waals surface area (Å²) in [5, 5.41) is 7.67. The van der Waals surface area contributed by atoms with Crippen LogP contribution in [0, 0.1) is 0 Å². The van der Waals surface area contributed by atoms with E-state index in [9.17, 15) is 8.78 Å². The third kappa shape index (κ3) is 2.39. The number of benzene rings is 1. The number of nitrogens with two attached hydrogens (primary N) is 1. The van der Waals surface area contributed by atoms with Crippen molar-refractivity contribution in [1.29, 1.82) is 0 Å². The van der Waals surface area contributed by atoms with Gasteiger partial charge < -0.3 is 10.5 Å². The largest absolute Gasteiger partial charge is 0.435 e. The molecule has 18 heavy (non-hydrogen) atoms. The fraction of sp³-hybridized carbons (Fsp3) is 0.273. The van der Waals surface area contributed by atoms with Crippen LogP contribution in [0.25, 0.3) is 5.69 Å². The van der Waals surface area contributed by atoms with Crippen LogP contribution in [0.15, 0.2) is 24.3 Å². The Balaban J connectivity index is 2.28. The molecule has 2 N–H and O–H groups in total. The number of rotatable bonds is 4. The van der Waals surface area contributed by atoms with Crippen molar-refractivity contribution in [2.75, 3.05) is 5.73 Å². The van der Waals surface area contributed by atoms with Crippen LogP contribution in [0.2, 0.25) is 0 Å². The second-order valence-electron chi connectivity index (χ2n) is 3.56. The summed E-state index contributed by atoms with van der Waals surface area (Å²) in [6, 6.07) is 6.12. The number of aromatic nitrogens is 3. The van der Waals surface area contributed by atoms with Crippen molar-refractivity contribution < 1.29 is 13.5 Å². The van der Waals surface area contributed by atoms with Gasteiger partial charge in [-0.2, -0.15) is 8.78 Å². The Morgan fingerprint density at radius 1 is 1.33 bits per heavy atom. The molecule has 0 spiro atoms. The van der Waals surface area contributed by atoms with Crippen LogP contribution < -0.4 is 10.5 Å². The minimum absolute atomic E-state index is 0.0971. The average molecular weight is 254 g/mol. The first-order valence-corrected chi connectivity index (χ1v) is 5.37. The predicted octanol–water partition coefficient (Wildman–Crippen LogP) is 2.01. The first kappa shape index (κ1) is 12.3. The number of ether oxygens (including phenoxy) is 1. The summed E-state index contributed by atoms with van der Waals surface area (Å²) in [4.78, 5) is 0. The summed E-state index contributed by atoms with van der Waals surface area (Å²) < 4.78 is 29.8. The Morgan fingerprint density at radius 3 is 2.56 bits per heavy atom. The van der Waals surface area contributed by atoms with Gasteiger partial charge in [-0.25, -0.2) is 4.68 Å². The zero-order chi connectivity index (χ0) is 13.1. The molecule has 0 saturated carbocycles. The quantitative estimate of drug-likeness (QED) is 0.906. The Labute approximate surface area is 102 Å². The van der Waals surface area contributed by atoms with Crippen molar-refractivity contribution in [1.82, 2.24) is 15.0 Å². The SMILES string of the molecule is CCc1c(N)nnn1-c1ccc(OC(F)F)cc1. The lowest BCUT2D eigenvalue weighted by atomic mass is 10.2. The Hall–Kier alpha value is -2.18. The number of anilines is 1. The monoisotopic (exact) mass is 254 g/mol. The van der Waals surface area contributed by atoms with Gasteiger partial charge in [-0.3, -0.25) is 0 Å². The molecule has 7 heteroatoms. The van der Waals surface area contributed by atoms with Crippen molar-refractivity contribution in [3.63, 3.8) is 0 Å². The van der Waals surface area contributed by atoms with E-state index in [0.717, 1.165) is 5.69 Å². The highest BCUT2D eigenvalue weighted by Crippen LogP contribution is 2.19. The van der Waals surface area contributed by atoms with E-state index in [0.29, 0.717) is 17.9 Å². The average Bonchev–Trinajstić information content (AvgIpc) is 2.70. The maximum atomic E-state index is 12.0. The van der Waals surface area contributed by atoms with Crippen LogP contribution in [-0.4, -0.2) is 21.6 Å². The maximum absolute atomic E-state index is 12.0. The van der Waals surface area contributed by atoms with Crippen molar-refractivity contribution >= 4 is 5.82 Å². The molecular formula is C11H12F2N4O. The highest BCUT2D eigenvalue weighted by molar-refractivity contribution is 5.42. The Bertz CT molecular complexity index is 524. The molecule has 0 radical (unpaired) electrons. The second kappa shape index (κ2) is 4.99. The van der Waals surface area contributed by atoms with Crippen LogP contribution in [0.5, 0.6) is 5.75 Å². The lowest BCUT2D eigenvalue weighted by Crippen LogP contribution is -2.04. The smallest absolute Gasteiger partial charge is 0.387 e. The van der Waals surface area contributed by atoms with E-state index in [4.69, 9.17) is 5.73 Å². The van der Waals surface area contributed by atoms with E-state index in [1.807, 2.05) is 6.92 Å². The van der Waals surface area contributed by atoms with Crippen molar-refractivity contribution in [3.05, 3.63) is 30.0 Å². The molecule has 0 unspecified atom stereocenters. The summed E-state index contributed by atoms with van der Waals surface area (Å²) in [5.74, 6) is 0.463. The molecular weight excluding hydrogens is 242 g/mol. The van der Waals surface area contributed by atoms with Crippen molar-refractivity contribution in [2.45, 2.75) is 20.0 Å². The molecule has 0 bridgehead atoms. The topological polar surface area (TPSA) is 66.0 Å². The standard InChI is InChI=1S/C11H12F2N4O/c1-2-9-10(14)15-16-17(9)7-3-5-8(6-4-7)18-11(12)13/h3-6,11H,2,14H2,1H3. The summed E-state index contributed by atoms with van der Waals surface area (Å²) in [6.07, 6.45) is 0.675. The summed E-state index contributed by atoms with van der Waals surface area (Å²) in [7, 11) is 0. The van der Waals surface area contributed by atoms with Crippen LogP contribution in [0.3, 0.4) is 0 Å². The fourth-order valence-electron chi connectivity index (χ4n) is 1.62. The summed E-state index contributed by atoms with van der Waals surface area (Å²) in [5.41, 5.74) is 7.13. The normalized spacial score (nSPS) is 10.9. The molecule has 0 amide bonds. The molecule has 1 heterocycles. The van der Waals surface area contributed by atoms with Crippen molar-refractivity contribution in [2.24, 2.45) is 0 Å². The minimum atomic E-state index is -2.83. The van der Waals surface area contributed by atoms with E-state index in [1.54, 1.807) is 16.8 Å². The number of alkyl halides is 2. The van der Waals surface area contributed by atoms with E-state index < -0.39 is 6.61 Å². The van der Waals surface area contributed by atoms with Gasteiger partial charge in [-0.1, -0.05) is 12.1 Å². The molecule has 2 rings (SSSR count). The van der Waals surface area contributed by atoms with Crippen LogP contribution in [0.4, 0.5) is 14.6 Å². The third-order valence-electron chi connectivity index (χ3n) is 2.43. The predicted molar refractivity (Wildman–Crippen MR) is 61.8 cm³/mol.